The van der Waals surface area contributed by atoms with E-state index in [0.29, 0.717) is 12.5 Å². The summed E-state index contributed by atoms with van der Waals surface area (Å²) in [7, 11) is 1.69. The number of non-ortho nitro benzene ring substituents is 1. The van der Waals surface area contributed by atoms with E-state index in [0.717, 1.165) is 15.6 Å². The molecule has 0 fully saturated rings. The predicted molar refractivity (Wildman–Crippen MR) is 99.0 cm³/mol. The van der Waals surface area contributed by atoms with Gasteiger partial charge < -0.3 is 10.6 Å². The van der Waals surface area contributed by atoms with Crippen LogP contribution in [0.4, 0.5) is 5.69 Å². The van der Waals surface area contributed by atoms with Gasteiger partial charge in [-0.05, 0) is 24.1 Å². The molecule has 2 aromatic carbocycles. The molecule has 2 aromatic rings. The van der Waals surface area contributed by atoms with Crippen LogP contribution in [0.5, 0.6) is 0 Å². The summed E-state index contributed by atoms with van der Waals surface area (Å²) in [5, 5.41) is 17.3. The molecule has 0 heterocycles. The second kappa shape index (κ2) is 8.44. The van der Waals surface area contributed by atoms with Crippen LogP contribution in [-0.4, -0.2) is 17.9 Å². The van der Waals surface area contributed by atoms with Gasteiger partial charge in [0.2, 0.25) is 0 Å². The third-order valence-electron chi connectivity index (χ3n) is 3.53. The van der Waals surface area contributed by atoms with Gasteiger partial charge in [-0.1, -0.05) is 46.3 Å². The molecule has 24 heavy (non-hydrogen) atoms. The summed E-state index contributed by atoms with van der Waals surface area (Å²) in [6.45, 7) is 2.49. The predicted octanol–water partition coefficient (Wildman–Crippen LogP) is 3.78. The van der Waals surface area contributed by atoms with Crippen LogP contribution in [0.3, 0.4) is 0 Å². The first-order chi connectivity index (χ1) is 11.5. The van der Waals surface area contributed by atoms with Crippen molar-refractivity contribution in [3.8, 4) is 0 Å². The number of hydrogen-bond acceptors (Lipinski definition) is 3. The normalized spacial score (nSPS) is 12.5. The lowest BCUT2D eigenvalue weighted by atomic mass is 10.1. The number of nitrogens with one attached hydrogen (secondary N) is 2. The van der Waals surface area contributed by atoms with E-state index in [1.807, 2.05) is 37.3 Å². The van der Waals surface area contributed by atoms with Crippen LogP contribution in [-0.2, 0) is 6.54 Å². The zero-order valence-corrected chi connectivity index (χ0v) is 15.1. The Hall–Kier alpha value is -2.41. The molecule has 1 unspecified atom stereocenters. The minimum Gasteiger partial charge on any atom is -0.352 e. The van der Waals surface area contributed by atoms with E-state index >= 15 is 0 Å². The number of halogens is 1. The maximum atomic E-state index is 10.8. The van der Waals surface area contributed by atoms with Crippen LogP contribution >= 0.6 is 15.9 Å². The van der Waals surface area contributed by atoms with Crippen molar-refractivity contribution in [2.75, 3.05) is 7.05 Å². The second-order valence-corrected chi connectivity index (χ2v) is 6.09. The smallest absolute Gasteiger partial charge is 0.269 e. The quantitative estimate of drug-likeness (QED) is 0.352. The maximum absolute atomic E-state index is 10.8. The van der Waals surface area contributed by atoms with Crippen LogP contribution in [0, 0.1) is 10.1 Å². The zero-order chi connectivity index (χ0) is 17.5. The molecule has 0 aliphatic rings. The molecule has 7 heteroatoms. The average molecular weight is 391 g/mol. The molecule has 1 atom stereocenters. The van der Waals surface area contributed by atoms with Gasteiger partial charge in [-0.3, -0.25) is 15.1 Å². The SMILES string of the molecule is CN=C(NCc1cccc([N+](=O)[O-])c1)NC(C)c1ccccc1Br. The first-order valence-electron chi connectivity index (χ1n) is 7.46. The lowest BCUT2D eigenvalue weighted by Crippen LogP contribution is -2.38. The Morgan fingerprint density at radius 1 is 1.29 bits per heavy atom. The van der Waals surface area contributed by atoms with E-state index in [1.165, 1.54) is 6.07 Å². The highest BCUT2D eigenvalue weighted by Gasteiger charge is 2.11. The third kappa shape index (κ3) is 4.79. The monoisotopic (exact) mass is 390 g/mol. The zero-order valence-electron chi connectivity index (χ0n) is 13.5. The van der Waals surface area contributed by atoms with Gasteiger partial charge in [0.25, 0.3) is 5.69 Å². The highest BCUT2D eigenvalue weighted by atomic mass is 79.9. The molecular weight excluding hydrogens is 372 g/mol. The Bertz CT molecular complexity index is 749. The molecule has 2 rings (SSSR count). The van der Waals surface area contributed by atoms with Gasteiger partial charge in [0.1, 0.15) is 0 Å². The molecule has 126 valence electrons. The largest absolute Gasteiger partial charge is 0.352 e. The minimum atomic E-state index is -0.397. The Balaban J connectivity index is 1.99. The first kappa shape index (κ1) is 17.9. The summed E-state index contributed by atoms with van der Waals surface area (Å²) >= 11 is 3.54. The molecule has 0 bridgehead atoms. The molecule has 0 aliphatic heterocycles. The van der Waals surface area contributed by atoms with Crippen molar-refractivity contribution in [1.82, 2.24) is 10.6 Å². The Morgan fingerprint density at radius 2 is 2.04 bits per heavy atom. The van der Waals surface area contributed by atoms with E-state index in [1.54, 1.807) is 19.2 Å². The summed E-state index contributed by atoms with van der Waals surface area (Å²) in [6.07, 6.45) is 0. The van der Waals surface area contributed by atoms with Crippen molar-refractivity contribution >= 4 is 27.6 Å². The third-order valence-corrected chi connectivity index (χ3v) is 4.25. The number of rotatable bonds is 5. The van der Waals surface area contributed by atoms with Crippen molar-refractivity contribution < 1.29 is 4.92 Å². The lowest BCUT2D eigenvalue weighted by Gasteiger charge is -2.19. The molecule has 0 aliphatic carbocycles. The fourth-order valence-electron chi connectivity index (χ4n) is 2.27. The summed E-state index contributed by atoms with van der Waals surface area (Å²) in [5.74, 6) is 0.629. The first-order valence-corrected chi connectivity index (χ1v) is 8.25. The number of nitro groups is 1. The Morgan fingerprint density at radius 3 is 2.71 bits per heavy atom. The topological polar surface area (TPSA) is 79.6 Å². The van der Waals surface area contributed by atoms with Crippen LogP contribution in [0.1, 0.15) is 24.1 Å². The van der Waals surface area contributed by atoms with Crippen molar-refractivity contribution in [3.05, 3.63) is 74.2 Å². The van der Waals surface area contributed by atoms with Gasteiger partial charge in [0, 0.05) is 30.2 Å². The fraction of sp³-hybridized carbons (Fsp3) is 0.235. The van der Waals surface area contributed by atoms with Crippen molar-refractivity contribution in [2.24, 2.45) is 4.99 Å². The Kier molecular flexibility index (Phi) is 6.31. The number of nitro benzene ring substituents is 1. The van der Waals surface area contributed by atoms with Gasteiger partial charge in [-0.2, -0.15) is 0 Å². The molecule has 0 aromatic heterocycles. The van der Waals surface area contributed by atoms with E-state index < -0.39 is 4.92 Å². The van der Waals surface area contributed by atoms with E-state index in [-0.39, 0.29) is 11.7 Å². The number of aliphatic imine (C=N–C) groups is 1. The molecule has 0 spiro atoms. The van der Waals surface area contributed by atoms with Gasteiger partial charge in [-0.15, -0.1) is 0 Å². The standard InChI is InChI=1S/C17H19BrN4O2/c1-12(15-8-3-4-9-16(15)18)21-17(19-2)20-11-13-6-5-7-14(10-13)22(23)24/h3-10,12H,11H2,1-2H3,(H2,19,20,21). The van der Waals surface area contributed by atoms with Crippen LogP contribution in [0.25, 0.3) is 0 Å². The molecule has 0 saturated carbocycles. The maximum Gasteiger partial charge on any atom is 0.269 e. The number of nitrogens with zero attached hydrogens (tertiary/aromatic N) is 2. The van der Waals surface area contributed by atoms with Gasteiger partial charge in [0.15, 0.2) is 5.96 Å². The Labute approximate surface area is 149 Å². The van der Waals surface area contributed by atoms with Crippen molar-refractivity contribution in [2.45, 2.75) is 19.5 Å². The molecule has 0 radical (unpaired) electrons. The fourth-order valence-corrected chi connectivity index (χ4v) is 2.90. The van der Waals surface area contributed by atoms with Crippen molar-refractivity contribution in [1.29, 1.82) is 0 Å². The van der Waals surface area contributed by atoms with E-state index in [4.69, 9.17) is 0 Å². The summed E-state index contributed by atoms with van der Waals surface area (Å²) < 4.78 is 1.03. The number of benzene rings is 2. The molecule has 0 amide bonds. The molecular formula is C17H19BrN4O2. The average Bonchev–Trinajstić information content (AvgIpc) is 2.59. The number of guanidine groups is 1. The summed E-state index contributed by atoms with van der Waals surface area (Å²) in [5.41, 5.74) is 2.02. The van der Waals surface area contributed by atoms with Crippen LogP contribution < -0.4 is 10.6 Å². The second-order valence-electron chi connectivity index (χ2n) is 5.24. The molecule has 6 nitrogen and oxygen atoms in total. The summed E-state index contributed by atoms with van der Waals surface area (Å²) in [6, 6.07) is 14.6. The van der Waals surface area contributed by atoms with Gasteiger partial charge in [-0.25, -0.2) is 0 Å². The highest BCUT2D eigenvalue weighted by Crippen LogP contribution is 2.22. The minimum absolute atomic E-state index is 0.0527. The molecule has 0 saturated heterocycles. The van der Waals surface area contributed by atoms with E-state index in [9.17, 15) is 10.1 Å². The molecule has 2 N–H and O–H groups in total. The van der Waals surface area contributed by atoms with Crippen molar-refractivity contribution in [3.63, 3.8) is 0 Å². The summed E-state index contributed by atoms with van der Waals surface area (Å²) in [4.78, 5) is 14.6. The lowest BCUT2D eigenvalue weighted by molar-refractivity contribution is -0.384. The van der Waals surface area contributed by atoms with Crippen LogP contribution in [0.2, 0.25) is 0 Å². The van der Waals surface area contributed by atoms with Gasteiger partial charge >= 0.3 is 0 Å². The van der Waals surface area contributed by atoms with Crippen LogP contribution in [0.15, 0.2) is 58.0 Å². The van der Waals surface area contributed by atoms with Gasteiger partial charge in [0.05, 0.1) is 11.0 Å². The highest BCUT2D eigenvalue weighted by molar-refractivity contribution is 9.10. The van der Waals surface area contributed by atoms with E-state index in [2.05, 4.69) is 31.6 Å². The number of hydrogen-bond donors (Lipinski definition) is 2.